The molecule has 2 aromatic heterocycles. The van der Waals surface area contributed by atoms with Gasteiger partial charge in [0, 0.05) is 5.39 Å². The summed E-state index contributed by atoms with van der Waals surface area (Å²) in [7, 11) is 0. The normalized spacial score (nSPS) is 10.2. The molecule has 2 heterocycles. The van der Waals surface area contributed by atoms with Crippen LogP contribution in [0.15, 0.2) is 24.3 Å². The molecule has 0 spiro atoms. The van der Waals surface area contributed by atoms with Crippen molar-refractivity contribution in [1.29, 1.82) is 0 Å². The molecule has 2 N–H and O–H groups in total. The second kappa shape index (κ2) is 3.58. The molecule has 0 aliphatic heterocycles. The number of fused-ring (bicyclic) bond motifs is 1. The van der Waals surface area contributed by atoms with Gasteiger partial charge in [0.15, 0.2) is 17.0 Å². The maximum Gasteiger partial charge on any atom is 0.354 e. The Morgan fingerprint density at radius 1 is 0.875 bits per heavy atom. The third-order valence-corrected chi connectivity index (χ3v) is 1.99. The van der Waals surface area contributed by atoms with Crippen molar-refractivity contribution in [1.82, 2.24) is 9.97 Å². The van der Waals surface area contributed by atoms with Gasteiger partial charge in [0.25, 0.3) is 0 Å². The SMILES string of the molecule is O=C(O)c1ccc2ccc(C(=O)O)nc2n1. The Labute approximate surface area is 89.2 Å². The lowest BCUT2D eigenvalue weighted by atomic mass is 10.2. The van der Waals surface area contributed by atoms with Gasteiger partial charge in [0.1, 0.15) is 0 Å². The molecular formula is C10H6N2O4. The van der Waals surface area contributed by atoms with Crippen LogP contribution in [-0.4, -0.2) is 32.1 Å². The van der Waals surface area contributed by atoms with Crippen molar-refractivity contribution in [2.24, 2.45) is 0 Å². The van der Waals surface area contributed by atoms with Crippen molar-refractivity contribution in [2.45, 2.75) is 0 Å². The van der Waals surface area contributed by atoms with Gasteiger partial charge in [0.05, 0.1) is 0 Å². The molecule has 2 aromatic rings. The van der Waals surface area contributed by atoms with E-state index in [0.29, 0.717) is 5.39 Å². The Morgan fingerprint density at radius 3 is 1.69 bits per heavy atom. The summed E-state index contributed by atoms with van der Waals surface area (Å²) in [5, 5.41) is 18.0. The summed E-state index contributed by atoms with van der Waals surface area (Å²) >= 11 is 0. The van der Waals surface area contributed by atoms with Gasteiger partial charge in [0.2, 0.25) is 0 Å². The maximum atomic E-state index is 10.7. The quantitative estimate of drug-likeness (QED) is 0.780. The molecule has 0 aromatic carbocycles. The van der Waals surface area contributed by atoms with E-state index in [0.717, 1.165) is 0 Å². The standard InChI is InChI=1S/C10H6N2O4/c13-9(14)6-3-1-5-2-4-7(10(15)16)12-8(5)11-6/h1-4H,(H,13,14)(H,15,16). The number of carboxylic acid groups (broad SMARTS) is 2. The summed E-state index contributed by atoms with van der Waals surface area (Å²) in [6.45, 7) is 0. The maximum absolute atomic E-state index is 10.7. The van der Waals surface area contributed by atoms with Gasteiger partial charge in [-0.05, 0) is 24.3 Å². The number of aromatic nitrogens is 2. The number of nitrogens with zero attached hydrogens (tertiary/aromatic N) is 2. The van der Waals surface area contributed by atoms with Crippen molar-refractivity contribution in [2.75, 3.05) is 0 Å². The molecule has 0 aliphatic carbocycles. The zero-order valence-electron chi connectivity index (χ0n) is 7.91. The van der Waals surface area contributed by atoms with Crippen LogP contribution in [0.4, 0.5) is 0 Å². The first-order valence-corrected chi connectivity index (χ1v) is 4.32. The van der Waals surface area contributed by atoms with E-state index in [9.17, 15) is 9.59 Å². The summed E-state index contributed by atoms with van der Waals surface area (Å²) in [6.07, 6.45) is 0. The van der Waals surface area contributed by atoms with Crippen molar-refractivity contribution in [3.05, 3.63) is 35.7 Å². The average molecular weight is 218 g/mol. The monoisotopic (exact) mass is 218 g/mol. The summed E-state index contributed by atoms with van der Waals surface area (Å²) in [4.78, 5) is 28.8. The van der Waals surface area contributed by atoms with Crippen molar-refractivity contribution in [3.63, 3.8) is 0 Å². The fourth-order valence-electron chi connectivity index (χ4n) is 1.24. The molecule has 0 bridgehead atoms. The molecule has 6 nitrogen and oxygen atoms in total. The lowest BCUT2D eigenvalue weighted by Crippen LogP contribution is -2.04. The summed E-state index contributed by atoms with van der Waals surface area (Å²) < 4.78 is 0. The highest BCUT2D eigenvalue weighted by atomic mass is 16.4. The van der Waals surface area contributed by atoms with E-state index < -0.39 is 11.9 Å². The van der Waals surface area contributed by atoms with E-state index in [2.05, 4.69) is 9.97 Å². The first kappa shape index (κ1) is 10.0. The predicted molar refractivity (Wildman–Crippen MR) is 53.5 cm³/mol. The van der Waals surface area contributed by atoms with Crippen LogP contribution >= 0.6 is 0 Å². The van der Waals surface area contributed by atoms with Crippen LogP contribution in [-0.2, 0) is 0 Å². The molecule has 0 amide bonds. The van der Waals surface area contributed by atoms with E-state index in [-0.39, 0.29) is 17.0 Å². The first-order chi connectivity index (χ1) is 7.58. The number of hydrogen-bond acceptors (Lipinski definition) is 4. The van der Waals surface area contributed by atoms with E-state index in [4.69, 9.17) is 10.2 Å². The van der Waals surface area contributed by atoms with Crippen LogP contribution in [0.3, 0.4) is 0 Å². The molecule has 16 heavy (non-hydrogen) atoms. The number of aromatic carboxylic acids is 2. The molecule has 2 rings (SSSR count). The van der Waals surface area contributed by atoms with Crippen molar-refractivity contribution < 1.29 is 19.8 Å². The third-order valence-electron chi connectivity index (χ3n) is 1.99. The first-order valence-electron chi connectivity index (χ1n) is 4.32. The van der Waals surface area contributed by atoms with Crippen molar-refractivity contribution in [3.8, 4) is 0 Å². The summed E-state index contributed by atoms with van der Waals surface area (Å²) in [6, 6.07) is 5.74. The zero-order valence-corrected chi connectivity index (χ0v) is 7.91. The van der Waals surface area contributed by atoms with Gasteiger partial charge >= 0.3 is 11.9 Å². The molecule has 0 aliphatic rings. The molecular weight excluding hydrogens is 212 g/mol. The number of carbonyl (C=O) groups is 2. The van der Waals surface area contributed by atoms with Crippen LogP contribution in [0.5, 0.6) is 0 Å². The van der Waals surface area contributed by atoms with Gasteiger partial charge in [-0.2, -0.15) is 0 Å². The predicted octanol–water partition coefficient (Wildman–Crippen LogP) is 1.03. The minimum absolute atomic E-state index is 0.111. The van der Waals surface area contributed by atoms with E-state index in [1.165, 1.54) is 24.3 Å². The Hall–Kier alpha value is -2.50. The van der Waals surface area contributed by atoms with Gasteiger partial charge in [-0.25, -0.2) is 19.6 Å². The average Bonchev–Trinajstić information content (AvgIpc) is 2.27. The van der Waals surface area contributed by atoms with E-state index in [1.54, 1.807) is 0 Å². The summed E-state index contributed by atoms with van der Waals surface area (Å²) in [5.41, 5.74) is -0.218. The second-order valence-electron chi connectivity index (χ2n) is 3.05. The molecule has 0 radical (unpaired) electrons. The summed E-state index contributed by atoms with van der Waals surface area (Å²) in [5.74, 6) is -2.35. The van der Waals surface area contributed by atoms with Gasteiger partial charge in [-0.1, -0.05) is 0 Å². The Balaban J connectivity index is 2.65. The molecule has 6 heteroatoms. The molecule has 0 unspecified atom stereocenters. The van der Waals surface area contributed by atoms with Gasteiger partial charge in [-0.15, -0.1) is 0 Å². The second-order valence-corrected chi connectivity index (χ2v) is 3.05. The number of pyridine rings is 2. The lowest BCUT2D eigenvalue weighted by molar-refractivity contribution is 0.0682. The van der Waals surface area contributed by atoms with Gasteiger partial charge in [-0.3, -0.25) is 0 Å². The van der Waals surface area contributed by atoms with Crippen LogP contribution in [0.25, 0.3) is 11.0 Å². The number of carboxylic acids is 2. The fraction of sp³-hybridized carbons (Fsp3) is 0. The largest absolute Gasteiger partial charge is 0.477 e. The highest BCUT2D eigenvalue weighted by molar-refractivity contribution is 5.91. The minimum Gasteiger partial charge on any atom is -0.477 e. The number of hydrogen-bond donors (Lipinski definition) is 2. The lowest BCUT2D eigenvalue weighted by Gasteiger charge is -1.99. The zero-order chi connectivity index (χ0) is 11.7. The Kier molecular flexibility index (Phi) is 2.24. The highest BCUT2D eigenvalue weighted by Gasteiger charge is 2.09. The molecule has 0 fully saturated rings. The van der Waals surface area contributed by atoms with Crippen LogP contribution < -0.4 is 0 Å². The smallest absolute Gasteiger partial charge is 0.354 e. The third kappa shape index (κ3) is 1.68. The topological polar surface area (TPSA) is 100 Å². The van der Waals surface area contributed by atoms with E-state index >= 15 is 0 Å². The molecule has 0 atom stereocenters. The minimum atomic E-state index is -1.18. The molecule has 0 saturated heterocycles. The van der Waals surface area contributed by atoms with E-state index in [1.807, 2.05) is 0 Å². The van der Waals surface area contributed by atoms with Crippen LogP contribution in [0, 0.1) is 0 Å². The number of rotatable bonds is 2. The molecule has 80 valence electrons. The van der Waals surface area contributed by atoms with Crippen LogP contribution in [0.2, 0.25) is 0 Å². The van der Waals surface area contributed by atoms with Crippen molar-refractivity contribution >= 4 is 23.0 Å². The Morgan fingerprint density at radius 2 is 1.31 bits per heavy atom. The van der Waals surface area contributed by atoms with Gasteiger partial charge < -0.3 is 10.2 Å². The Bertz CT molecular complexity index is 546. The highest BCUT2D eigenvalue weighted by Crippen LogP contribution is 2.11. The molecule has 0 saturated carbocycles. The fourth-order valence-corrected chi connectivity index (χ4v) is 1.24. The van der Waals surface area contributed by atoms with Crippen LogP contribution in [0.1, 0.15) is 21.0 Å².